The Morgan fingerprint density at radius 2 is 1.87 bits per heavy atom. The second-order valence-corrected chi connectivity index (χ2v) is 8.80. The van der Waals surface area contributed by atoms with Crippen LogP contribution in [0.25, 0.3) is 5.69 Å². The normalized spacial score (nSPS) is 14.0. The number of morpholine rings is 1. The lowest BCUT2D eigenvalue weighted by Crippen LogP contribution is -2.37. The number of carbonyl (C=O) groups excluding carboxylic acids is 1. The minimum atomic E-state index is -0.208. The zero-order chi connectivity index (χ0) is 21.8. The standard InChI is InChI=1S/C21H21Cl2N5O2S/c1-14-2-5-16(6-3-14)28-20(27-8-10-30-11-9-27)25-26-21(28)31-13-19(29)24-18-12-15(22)4-7-17(18)23/h2-7,12H,8-11,13H2,1H3,(H,24,29). The second-order valence-electron chi connectivity index (χ2n) is 7.01. The van der Waals surface area contributed by atoms with Crippen LogP contribution in [0.2, 0.25) is 10.0 Å². The van der Waals surface area contributed by atoms with Crippen LogP contribution < -0.4 is 10.2 Å². The van der Waals surface area contributed by atoms with E-state index in [-0.39, 0.29) is 11.7 Å². The van der Waals surface area contributed by atoms with Gasteiger partial charge in [-0.05, 0) is 37.3 Å². The molecule has 1 aromatic heterocycles. The third-order valence-corrected chi connectivity index (χ3v) is 6.23. The summed E-state index contributed by atoms with van der Waals surface area (Å²) in [7, 11) is 0. The van der Waals surface area contributed by atoms with E-state index in [1.807, 2.05) is 35.8 Å². The summed E-state index contributed by atoms with van der Waals surface area (Å²) < 4.78 is 7.45. The molecule has 10 heteroatoms. The van der Waals surface area contributed by atoms with Crippen LogP contribution in [0.4, 0.5) is 11.6 Å². The predicted molar refractivity (Wildman–Crippen MR) is 125 cm³/mol. The number of anilines is 2. The first-order valence-electron chi connectivity index (χ1n) is 9.74. The van der Waals surface area contributed by atoms with Gasteiger partial charge in [0.25, 0.3) is 0 Å². The molecule has 2 heterocycles. The molecule has 1 aliphatic rings. The van der Waals surface area contributed by atoms with Gasteiger partial charge in [-0.2, -0.15) is 0 Å². The highest BCUT2D eigenvalue weighted by Gasteiger charge is 2.22. The van der Waals surface area contributed by atoms with Gasteiger partial charge in [-0.3, -0.25) is 9.36 Å². The number of ether oxygens (including phenoxy) is 1. The maximum absolute atomic E-state index is 12.5. The molecule has 0 unspecified atom stereocenters. The maximum Gasteiger partial charge on any atom is 0.234 e. The highest BCUT2D eigenvalue weighted by atomic mass is 35.5. The van der Waals surface area contributed by atoms with Crippen molar-refractivity contribution in [2.75, 3.05) is 42.3 Å². The average Bonchev–Trinajstić information content (AvgIpc) is 3.20. The summed E-state index contributed by atoms with van der Waals surface area (Å²) in [5.74, 6) is 0.684. The molecule has 2 aromatic carbocycles. The van der Waals surface area contributed by atoms with Crippen LogP contribution in [0, 0.1) is 6.92 Å². The Kier molecular flexibility index (Phi) is 7.02. The molecule has 0 spiro atoms. The zero-order valence-electron chi connectivity index (χ0n) is 16.8. The number of benzene rings is 2. The number of nitrogens with one attached hydrogen (secondary N) is 1. The molecule has 1 saturated heterocycles. The summed E-state index contributed by atoms with van der Waals surface area (Å²) in [5, 5.41) is 13.2. The van der Waals surface area contributed by atoms with Crippen molar-refractivity contribution >= 4 is 52.5 Å². The summed E-state index contributed by atoms with van der Waals surface area (Å²) >= 11 is 13.5. The lowest BCUT2D eigenvalue weighted by atomic mass is 10.2. The van der Waals surface area contributed by atoms with E-state index >= 15 is 0 Å². The van der Waals surface area contributed by atoms with E-state index in [1.54, 1.807) is 18.2 Å². The Morgan fingerprint density at radius 3 is 2.61 bits per heavy atom. The van der Waals surface area contributed by atoms with Crippen LogP contribution in [-0.4, -0.2) is 52.7 Å². The van der Waals surface area contributed by atoms with Crippen LogP contribution in [-0.2, 0) is 9.53 Å². The topological polar surface area (TPSA) is 72.3 Å². The van der Waals surface area contributed by atoms with E-state index in [0.29, 0.717) is 34.1 Å². The molecule has 4 rings (SSSR count). The Balaban J connectivity index is 1.54. The van der Waals surface area contributed by atoms with E-state index < -0.39 is 0 Å². The van der Waals surface area contributed by atoms with Crippen molar-refractivity contribution in [3.8, 4) is 5.69 Å². The monoisotopic (exact) mass is 477 g/mol. The number of halogens is 2. The molecule has 0 saturated carbocycles. The van der Waals surface area contributed by atoms with Gasteiger partial charge in [-0.1, -0.05) is 52.7 Å². The first-order valence-corrected chi connectivity index (χ1v) is 11.5. The largest absolute Gasteiger partial charge is 0.378 e. The number of carbonyl (C=O) groups is 1. The van der Waals surface area contributed by atoms with Crippen molar-refractivity contribution < 1.29 is 9.53 Å². The first-order chi connectivity index (χ1) is 15.0. The molecule has 7 nitrogen and oxygen atoms in total. The van der Waals surface area contributed by atoms with Gasteiger partial charge in [0.1, 0.15) is 0 Å². The third kappa shape index (κ3) is 5.33. The van der Waals surface area contributed by atoms with Gasteiger partial charge in [0.2, 0.25) is 11.9 Å². The summed E-state index contributed by atoms with van der Waals surface area (Å²) in [6, 6.07) is 13.1. The molecule has 0 atom stereocenters. The summed E-state index contributed by atoms with van der Waals surface area (Å²) in [5.41, 5.74) is 2.59. The number of amides is 1. The Hall–Kier alpha value is -2.26. The third-order valence-electron chi connectivity index (χ3n) is 4.74. The van der Waals surface area contributed by atoms with E-state index in [9.17, 15) is 4.79 Å². The van der Waals surface area contributed by atoms with Crippen molar-refractivity contribution in [3.63, 3.8) is 0 Å². The van der Waals surface area contributed by atoms with Gasteiger partial charge in [0, 0.05) is 18.1 Å². The Morgan fingerprint density at radius 1 is 1.13 bits per heavy atom. The van der Waals surface area contributed by atoms with Crippen molar-refractivity contribution in [2.45, 2.75) is 12.1 Å². The SMILES string of the molecule is Cc1ccc(-n2c(SCC(=O)Nc3cc(Cl)ccc3Cl)nnc2N2CCOCC2)cc1. The molecule has 0 aliphatic carbocycles. The van der Waals surface area contributed by atoms with E-state index in [2.05, 4.69) is 20.4 Å². The van der Waals surface area contributed by atoms with Crippen LogP contribution in [0.3, 0.4) is 0 Å². The van der Waals surface area contributed by atoms with Crippen LogP contribution in [0.5, 0.6) is 0 Å². The number of hydrogen-bond donors (Lipinski definition) is 1. The van der Waals surface area contributed by atoms with E-state index in [1.165, 1.54) is 11.8 Å². The number of aryl methyl sites for hydroxylation is 1. The maximum atomic E-state index is 12.5. The fourth-order valence-corrected chi connectivity index (χ4v) is 4.24. The van der Waals surface area contributed by atoms with Crippen LogP contribution in [0.15, 0.2) is 47.6 Å². The highest BCUT2D eigenvalue weighted by molar-refractivity contribution is 7.99. The number of nitrogens with zero attached hydrogens (tertiary/aromatic N) is 4. The molecule has 162 valence electrons. The number of aromatic nitrogens is 3. The molecule has 31 heavy (non-hydrogen) atoms. The molecule has 0 bridgehead atoms. The fourth-order valence-electron chi connectivity index (χ4n) is 3.15. The highest BCUT2D eigenvalue weighted by Crippen LogP contribution is 2.29. The molecule has 0 radical (unpaired) electrons. The van der Waals surface area contributed by atoms with Crippen LogP contribution in [0.1, 0.15) is 5.56 Å². The molecular formula is C21H21Cl2N5O2S. The van der Waals surface area contributed by atoms with Gasteiger partial charge >= 0.3 is 0 Å². The lowest BCUT2D eigenvalue weighted by Gasteiger charge is -2.28. The fraction of sp³-hybridized carbons (Fsp3) is 0.286. The number of hydrogen-bond acceptors (Lipinski definition) is 6. The van der Waals surface area contributed by atoms with Crippen molar-refractivity contribution in [1.29, 1.82) is 0 Å². The minimum absolute atomic E-state index is 0.149. The lowest BCUT2D eigenvalue weighted by molar-refractivity contribution is -0.113. The van der Waals surface area contributed by atoms with Gasteiger partial charge < -0.3 is 15.0 Å². The molecule has 1 aliphatic heterocycles. The van der Waals surface area contributed by atoms with Crippen LogP contribution >= 0.6 is 35.0 Å². The smallest absolute Gasteiger partial charge is 0.234 e. The molecule has 1 N–H and O–H groups in total. The van der Waals surface area contributed by atoms with Crippen molar-refractivity contribution in [1.82, 2.24) is 14.8 Å². The Labute approximate surface area is 194 Å². The Bertz CT molecular complexity index is 1070. The van der Waals surface area contributed by atoms with Crippen molar-refractivity contribution in [3.05, 3.63) is 58.1 Å². The molecule has 1 amide bonds. The number of rotatable bonds is 6. The zero-order valence-corrected chi connectivity index (χ0v) is 19.2. The van der Waals surface area contributed by atoms with Gasteiger partial charge in [-0.25, -0.2) is 0 Å². The van der Waals surface area contributed by atoms with Gasteiger partial charge in [0.15, 0.2) is 5.16 Å². The average molecular weight is 478 g/mol. The van der Waals surface area contributed by atoms with E-state index in [0.717, 1.165) is 30.3 Å². The predicted octanol–water partition coefficient (Wildman–Crippen LogP) is 4.45. The van der Waals surface area contributed by atoms with E-state index in [4.69, 9.17) is 27.9 Å². The van der Waals surface area contributed by atoms with Gasteiger partial charge in [-0.15, -0.1) is 10.2 Å². The quantitative estimate of drug-likeness (QED) is 0.528. The molecular weight excluding hydrogens is 457 g/mol. The van der Waals surface area contributed by atoms with Gasteiger partial charge in [0.05, 0.1) is 35.4 Å². The molecule has 3 aromatic rings. The second kappa shape index (κ2) is 9.91. The minimum Gasteiger partial charge on any atom is -0.378 e. The first kappa shape index (κ1) is 22.0. The van der Waals surface area contributed by atoms with Crippen molar-refractivity contribution in [2.24, 2.45) is 0 Å². The number of thioether (sulfide) groups is 1. The molecule has 1 fully saturated rings. The summed E-state index contributed by atoms with van der Waals surface area (Å²) in [4.78, 5) is 14.7. The summed E-state index contributed by atoms with van der Waals surface area (Å²) in [6.07, 6.45) is 0. The summed E-state index contributed by atoms with van der Waals surface area (Å²) in [6.45, 7) is 4.81.